The number of ether oxygens (including phenoxy) is 2. The molecular formula is C22H23N5O3. The minimum Gasteiger partial charge on any atom is -0.508 e. The van der Waals surface area contributed by atoms with Crippen molar-refractivity contribution in [1.82, 2.24) is 19.4 Å². The van der Waals surface area contributed by atoms with Gasteiger partial charge in [0.1, 0.15) is 23.3 Å². The molecule has 5 rings (SSSR count). The van der Waals surface area contributed by atoms with E-state index < -0.39 is 0 Å². The zero-order chi connectivity index (χ0) is 20.5. The van der Waals surface area contributed by atoms with Crippen LogP contribution in [0.5, 0.6) is 17.4 Å². The van der Waals surface area contributed by atoms with Crippen molar-refractivity contribution < 1.29 is 14.6 Å². The smallest absolute Gasteiger partial charge is 0.228 e. The number of hydrogen-bond acceptors (Lipinski definition) is 7. The van der Waals surface area contributed by atoms with Crippen LogP contribution in [0.25, 0.3) is 0 Å². The number of hydrogen-bond donors (Lipinski definition) is 2. The van der Waals surface area contributed by atoms with E-state index in [1.807, 2.05) is 22.8 Å². The molecule has 8 nitrogen and oxygen atoms in total. The molecule has 0 saturated carbocycles. The lowest BCUT2D eigenvalue weighted by Gasteiger charge is -2.29. The molecule has 8 heteroatoms. The number of morpholine rings is 1. The summed E-state index contributed by atoms with van der Waals surface area (Å²) >= 11 is 0. The molecule has 2 aliphatic rings. The molecular weight excluding hydrogens is 382 g/mol. The lowest BCUT2D eigenvalue weighted by molar-refractivity contribution is 0.0362. The van der Waals surface area contributed by atoms with Crippen LogP contribution in [0.15, 0.2) is 49.1 Å². The topological polar surface area (TPSA) is 96.5 Å². The standard InChI is InChI=1S/C22H23N5O3/c23-21-20-19(15-2-1-5-24-13-15)17-4-3-16(28)12-18(17)30-22(20)25-14-27(21)7-6-26-8-10-29-11-9-26/h1-5,12-14,19,23,28H,6-11H2. The Hall–Kier alpha value is -3.23. The highest BCUT2D eigenvalue weighted by molar-refractivity contribution is 5.56. The van der Waals surface area contributed by atoms with E-state index in [2.05, 4.69) is 14.9 Å². The summed E-state index contributed by atoms with van der Waals surface area (Å²) in [4.78, 5) is 11.1. The average Bonchev–Trinajstić information content (AvgIpc) is 2.78. The fraction of sp³-hybridized carbons (Fsp3) is 0.318. The molecule has 2 aromatic heterocycles. The summed E-state index contributed by atoms with van der Waals surface area (Å²) in [5.41, 5.74) is 2.93. The van der Waals surface area contributed by atoms with Crippen molar-refractivity contribution >= 4 is 0 Å². The molecule has 0 amide bonds. The Kier molecular flexibility index (Phi) is 4.94. The molecule has 1 fully saturated rings. The second-order valence-electron chi connectivity index (χ2n) is 7.50. The van der Waals surface area contributed by atoms with E-state index in [1.54, 1.807) is 30.9 Å². The average molecular weight is 405 g/mol. The number of phenols is 1. The fourth-order valence-corrected chi connectivity index (χ4v) is 4.09. The molecule has 2 aliphatic heterocycles. The van der Waals surface area contributed by atoms with Crippen molar-refractivity contribution in [3.63, 3.8) is 0 Å². The third-order valence-electron chi connectivity index (χ3n) is 5.67. The van der Waals surface area contributed by atoms with Gasteiger partial charge in [-0.3, -0.25) is 15.3 Å². The monoisotopic (exact) mass is 405 g/mol. The molecule has 0 bridgehead atoms. The summed E-state index contributed by atoms with van der Waals surface area (Å²) in [6.07, 6.45) is 5.20. The number of rotatable bonds is 4. The molecule has 1 aromatic carbocycles. The second-order valence-corrected chi connectivity index (χ2v) is 7.50. The molecule has 1 atom stereocenters. The Labute approximate surface area is 173 Å². The maximum atomic E-state index is 9.92. The van der Waals surface area contributed by atoms with Crippen molar-refractivity contribution in [2.24, 2.45) is 0 Å². The highest BCUT2D eigenvalue weighted by atomic mass is 16.5. The van der Waals surface area contributed by atoms with E-state index in [9.17, 15) is 5.11 Å². The van der Waals surface area contributed by atoms with E-state index in [-0.39, 0.29) is 11.7 Å². The van der Waals surface area contributed by atoms with Crippen LogP contribution < -0.4 is 10.2 Å². The largest absolute Gasteiger partial charge is 0.508 e. The normalized spacial score (nSPS) is 18.3. The van der Waals surface area contributed by atoms with Gasteiger partial charge in [-0.25, -0.2) is 4.98 Å². The number of aromatic nitrogens is 3. The first kappa shape index (κ1) is 18.8. The van der Waals surface area contributed by atoms with Crippen LogP contribution in [0.4, 0.5) is 0 Å². The quantitative estimate of drug-likeness (QED) is 0.540. The number of benzene rings is 1. The van der Waals surface area contributed by atoms with Crippen LogP contribution in [0.1, 0.15) is 22.6 Å². The molecule has 0 spiro atoms. The van der Waals surface area contributed by atoms with E-state index in [0.717, 1.165) is 44.0 Å². The third-order valence-corrected chi connectivity index (χ3v) is 5.67. The molecule has 1 unspecified atom stereocenters. The molecule has 3 aromatic rings. The number of fused-ring (bicyclic) bond motifs is 2. The molecule has 4 heterocycles. The second kappa shape index (κ2) is 7.89. The lowest BCUT2D eigenvalue weighted by Crippen LogP contribution is -2.40. The summed E-state index contributed by atoms with van der Waals surface area (Å²) in [5, 5.41) is 18.9. The maximum absolute atomic E-state index is 9.92. The van der Waals surface area contributed by atoms with Crippen molar-refractivity contribution in [1.29, 1.82) is 5.41 Å². The first-order valence-corrected chi connectivity index (χ1v) is 10.1. The fourth-order valence-electron chi connectivity index (χ4n) is 4.09. The summed E-state index contributed by atoms with van der Waals surface area (Å²) in [6, 6.07) is 8.95. The number of pyridine rings is 1. The van der Waals surface area contributed by atoms with Crippen LogP contribution in [-0.4, -0.2) is 57.4 Å². The highest BCUT2D eigenvalue weighted by Gasteiger charge is 2.32. The third kappa shape index (κ3) is 3.44. The number of nitrogens with zero attached hydrogens (tertiary/aromatic N) is 4. The predicted molar refractivity (Wildman–Crippen MR) is 109 cm³/mol. The SMILES string of the molecule is N=c1c2c(ncn1CCN1CCOCC1)Oc1cc(O)ccc1C2c1cccnc1. The Morgan fingerprint density at radius 3 is 2.83 bits per heavy atom. The first-order chi connectivity index (χ1) is 14.7. The highest BCUT2D eigenvalue weighted by Crippen LogP contribution is 2.45. The minimum absolute atomic E-state index is 0.129. The lowest BCUT2D eigenvalue weighted by atomic mass is 9.84. The number of nitrogens with one attached hydrogen (secondary N) is 1. The van der Waals surface area contributed by atoms with Gasteiger partial charge in [0.05, 0.1) is 18.8 Å². The van der Waals surface area contributed by atoms with Gasteiger partial charge in [-0.1, -0.05) is 12.1 Å². The molecule has 2 N–H and O–H groups in total. The first-order valence-electron chi connectivity index (χ1n) is 10.1. The Balaban J connectivity index is 1.55. The summed E-state index contributed by atoms with van der Waals surface area (Å²) in [5.74, 6) is 0.836. The van der Waals surface area contributed by atoms with Gasteiger partial charge in [-0.15, -0.1) is 0 Å². The van der Waals surface area contributed by atoms with E-state index in [4.69, 9.17) is 14.9 Å². The van der Waals surface area contributed by atoms with Crippen molar-refractivity contribution in [3.05, 3.63) is 71.2 Å². The predicted octanol–water partition coefficient (Wildman–Crippen LogP) is 2.08. The van der Waals surface area contributed by atoms with Gasteiger partial charge >= 0.3 is 0 Å². The summed E-state index contributed by atoms with van der Waals surface area (Å²) in [6.45, 7) is 4.82. The van der Waals surface area contributed by atoms with Gasteiger partial charge in [0.25, 0.3) is 0 Å². The minimum atomic E-state index is -0.242. The molecule has 0 aliphatic carbocycles. The Morgan fingerprint density at radius 2 is 2.03 bits per heavy atom. The van der Waals surface area contributed by atoms with Gasteiger partial charge < -0.3 is 19.1 Å². The zero-order valence-corrected chi connectivity index (χ0v) is 16.5. The zero-order valence-electron chi connectivity index (χ0n) is 16.5. The van der Waals surface area contributed by atoms with Gasteiger partial charge in [0.2, 0.25) is 5.88 Å². The summed E-state index contributed by atoms with van der Waals surface area (Å²) in [7, 11) is 0. The summed E-state index contributed by atoms with van der Waals surface area (Å²) < 4.78 is 13.3. The van der Waals surface area contributed by atoms with Crippen LogP contribution in [0.2, 0.25) is 0 Å². The number of phenolic OH excluding ortho intramolecular Hbond substituents is 1. The van der Waals surface area contributed by atoms with Crippen molar-refractivity contribution in [2.45, 2.75) is 12.5 Å². The van der Waals surface area contributed by atoms with Gasteiger partial charge in [-0.2, -0.15) is 0 Å². The van der Waals surface area contributed by atoms with Crippen LogP contribution in [0, 0.1) is 5.41 Å². The molecule has 0 radical (unpaired) electrons. The van der Waals surface area contributed by atoms with Crippen molar-refractivity contribution in [3.8, 4) is 17.4 Å². The molecule has 1 saturated heterocycles. The molecule has 30 heavy (non-hydrogen) atoms. The Bertz CT molecular complexity index is 1110. The van der Waals surface area contributed by atoms with Crippen molar-refractivity contribution in [2.75, 3.05) is 32.8 Å². The van der Waals surface area contributed by atoms with Gasteiger partial charge in [-0.05, 0) is 17.7 Å². The maximum Gasteiger partial charge on any atom is 0.228 e. The van der Waals surface area contributed by atoms with Crippen LogP contribution in [0.3, 0.4) is 0 Å². The van der Waals surface area contributed by atoms with Gasteiger partial charge in [0.15, 0.2) is 0 Å². The van der Waals surface area contributed by atoms with E-state index in [1.165, 1.54) is 0 Å². The van der Waals surface area contributed by atoms with Crippen LogP contribution >= 0.6 is 0 Å². The Morgan fingerprint density at radius 1 is 1.17 bits per heavy atom. The van der Waals surface area contributed by atoms with Gasteiger partial charge in [0, 0.05) is 56.1 Å². The number of aromatic hydroxyl groups is 1. The van der Waals surface area contributed by atoms with E-state index >= 15 is 0 Å². The van der Waals surface area contributed by atoms with Crippen LogP contribution in [-0.2, 0) is 11.3 Å². The van der Waals surface area contributed by atoms with E-state index in [0.29, 0.717) is 29.2 Å². The molecule has 154 valence electrons.